The molecule has 0 aliphatic carbocycles. The summed E-state index contributed by atoms with van der Waals surface area (Å²) in [5.41, 5.74) is 1.20. The summed E-state index contributed by atoms with van der Waals surface area (Å²) in [6, 6.07) is 6.14. The molecule has 0 N–H and O–H groups in total. The predicted octanol–water partition coefficient (Wildman–Crippen LogP) is 3.46. The molecule has 0 spiro atoms. The number of fused-ring (bicyclic) bond motifs is 1. The van der Waals surface area contributed by atoms with Crippen LogP contribution in [0.4, 0.5) is 0 Å². The Morgan fingerprint density at radius 2 is 1.89 bits per heavy atom. The molecule has 2 aliphatic heterocycles. The molecule has 0 radical (unpaired) electrons. The van der Waals surface area contributed by atoms with Crippen molar-refractivity contribution in [2.45, 2.75) is 30.2 Å². The van der Waals surface area contributed by atoms with Crippen molar-refractivity contribution in [1.29, 1.82) is 0 Å². The molecule has 3 nitrogen and oxygen atoms in total. The van der Waals surface area contributed by atoms with E-state index in [2.05, 4.69) is 28.1 Å². The van der Waals surface area contributed by atoms with Gasteiger partial charge in [-0.15, -0.1) is 0 Å². The average Bonchev–Trinajstić information content (AvgIpc) is 2.47. The second-order valence-corrected chi connectivity index (χ2v) is 5.70. The van der Waals surface area contributed by atoms with Gasteiger partial charge in [-0.25, -0.2) is 0 Å². The van der Waals surface area contributed by atoms with Crippen LogP contribution in [-0.2, 0) is 4.74 Å². The van der Waals surface area contributed by atoms with Gasteiger partial charge in [-0.05, 0) is 37.0 Å². The summed E-state index contributed by atoms with van der Waals surface area (Å²) in [6.45, 7) is 2.14. The van der Waals surface area contributed by atoms with Crippen molar-refractivity contribution in [3.63, 3.8) is 0 Å². The Balaban J connectivity index is 1.78. The number of benzene rings is 1. The fourth-order valence-electron chi connectivity index (χ4n) is 2.44. The topological polar surface area (TPSA) is 27.7 Å². The Bertz CT molecular complexity index is 416. The van der Waals surface area contributed by atoms with Crippen LogP contribution in [0, 0.1) is 0 Å². The molecule has 1 saturated heterocycles. The van der Waals surface area contributed by atoms with Crippen LogP contribution >= 0.6 is 15.9 Å². The molecule has 0 saturated carbocycles. The molecule has 1 aromatic carbocycles. The third-order valence-electron chi connectivity index (χ3n) is 3.43. The molecule has 2 aliphatic rings. The van der Waals surface area contributed by atoms with Crippen LogP contribution < -0.4 is 9.47 Å². The molecule has 0 bridgehead atoms. The van der Waals surface area contributed by atoms with Gasteiger partial charge in [0.1, 0.15) is 13.2 Å². The molecule has 1 fully saturated rings. The lowest BCUT2D eigenvalue weighted by Crippen LogP contribution is -2.23. The molecular formula is C14H17BrO3. The third kappa shape index (κ3) is 2.50. The van der Waals surface area contributed by atoms with E-state index in [4.69, 9.17) is 14.2 Å². The van der Waals surface area contributed by atoms with E-state index in [0.717, 1.165) is 24.5 Å². The number of hydrogen-bond acceptors (Lipinski definition) is 3. The van der Waals surface area contributed by atoms with Gasteiger partial charge in [0.15, 0.2) is 11.5 Å². The fraction of sp³-hybridized carbons (Fsp3) is 0.571. The van der Waals surface area contributed by atoms with E-state index < -0.39 is 0 Å². The number of halogens is 1. The van der Waals surface area contributed by atoms with Gasteiger partial charge in [-0.2, -0.15) is 0 Å². The highest BCUT2D eigenvalue weighted by Crippen LogP contribution is 2.38. The minimum absolute atomic E-state index is 0.230. The molecule has 3 rings (SSSR count). The lowest BCUT2D eigenvalue weighted by Gasteiger charge is -2.28. The molecule has 2 atom stereocenters. The zero-order chi connectivity index (χ0) is 12.4. The van der Waals surface area contributed by atoms with Crippen molar-refractivity contribution < 1.29 is 14.2 Å². The summed E-state index contributed by atoms with van der Waals surface area (Å²) in [7, 11) is 0. The second kappa shape index (κ2) is 5.49. The van der Waals surface area contributed by atoms with Crippen LogP contribution in [0.15, 0.2) is 18.2 Å². The van der Waals surface area contributed by atoms with Gasteiger partial charge in [0.25, 0.3) is 0 Å². The maximum absolute atomic E-state index is 5.82. The Labute approximate surface area is 116 Å². The highest BCUT2D eigenvalue weighted by molar-refractivity contribution is 9.09. The van der Waals surface area contributed by atoms with Crippen molar-refractivity contribution >= 4 is 15.9 Å². The second-order valence-electron chi connectivity index (χ2n) is 4.71. The summed E-state index contributed by atoms with van der Waals surface area (Å²) >= 11 is 3.75. The third-order valence-corrected chi connectivity index (χ3v) is 4.54. The molecule has 2 heterocycles. The molecule has 98 valence electrons. The molecule has 0 aromatic heterocycles. The van der Waals surface area contributed by atoms with Crippen LogP contribution in [0.25, 0.3) is 0 Å². The van der Waals surface area contributed by atoms with Crippen molar-refractivity contribution in [1.82, 2.24) is 0 Å². The first-order valence-electron chi connectivity index (χ1n) is 6.50. The zero-order valence-corrected chi connectivity index (χ0v) is 11.8. The van der Waals surface area contributed by atoms with Gasteiger partial charge >= 0.3 is 0 Å². The van der Waals surface area contributed by atoms with Gasteiger partial charge in [0, 0.05) is 6.61 Å². The maximum atomic E-state index is 5.82. The first kappa shape index (κ1) is 12.3. The quantitative estimate of drug-likeness (QED) is 0.783. The highest BCUT2D eigenvalue weighted by atomic mass is 79.9. The zero-order valence-electron chi connectivity index (χ0n) is 10.2. The minimum atomic E-state index is 0.230. The smallest absolute Gasteiger partial charge is 0.161 e. The van der Waals surface area contributed by atoms with Crippen LogP contribution in [-0.4, -0.2) is 25.9 Å². The van der Waals surface area contributed by atoms with Gasteiger partial charge < -0.3 is 14.2 Å². The summed E-state index contributed by atoms with van der Waals surface area (Å²) < 4.78 is 17.0. The number of hydrogen-bond donors (Lipinski definition) is 0. The fourth-order valence-corrected chi connectivity index (χ4v) is 3.14. The molecule has 4 heteroatoms. The normalized spacial score (nSPS) is 24.6. The van der Waals surface area contributed by atoms with Gasteiger partial charge in [-0.3, -0.25) is 0 Å². The molecular weight excluding hydrogens is 296 g/mol. The van der Waals surface area contributed by atoms with E-state index >= 15 is 0 Å². The monoisotopic (exact) mass is 312 g/mol. The predicted molar refractivity (Wildman–Crippen MR) is 72.7 cm³/mol. The van der Waals surface area contributed by atoms with Gasteiger partial charge in [-0.1, -0.05) is 22.0 Å². The Kier molecular flexibility index (Phi) is 3.75. The summed E-state index contributed by atoms with van der Waals surface area (Å²) in [6.07, 6.45) is 3.81. The standard InChI is InChI=1S/C14H17BrO3/c15-14(12-3-1-2-6-16-12)10-4-5-11-13(9-10)18-8-7-17-11/h4-5,9,12,14H,1-3,6-8H2. The summed E-state index contributed by atoms with van der Waals surface area (Å²) in [5, 5.41) is 0. The minimum Gasteiger partial charge on any atom is -0.486 e. The van der Waals surface area contributed by atoms with E-state index in [0.29, 0.717) is 13.2 Å². The number of ether oxygens (including phenoxy) is 3. The van der Waals surface area contributed by atoms with E-state index in [1.54, 1.807) is 0 Å². The summed E-state index contributed by atoms with van der Waals surface area (Å²) in [5.74, 6) is 1.69. The van der Waals surface area contributed by atoms with Crippen LogP contribution in [0.5, 0.6) is 11.5 Å². The Hall–Kier alpha value is -0.740. The molecule has 1 aromatic rings. The summed E-state index contributed by atoms with van der Waals surface area (Å²) in [4.78, 5) is 0.230. The maximum Gasteiger partial charge on any atom is 0.161 e. The van der Waals surface area contributed by atoms with Crippen molar-refractivity contribution in [3.05, 3.63) is 23.8 Å². The van der Waals surface area contributed by atoms with E-state index in [-0.39, 0.29) is 10.9 Å². The number of rotatable bonds is 2. The van der Waals surface area contributed by atoms with Crippen molar-refractivity contribution in [2.24, 2.45) is 0 Å². The van der Waals surface area contributed by atoms with E-state index in [1.807, 2.05) is 6.07 Å². The first-order chi connectivity index (χ1) is 8.84. The van der Waals surface area contributed by atoms with Gasteiger partial charge in [0.05, 0.1) is 10.9 Å². The number of alkyl halides is 1. The molecule has 2 unspecified atom stereocenters. The van der Waals surface area contributed by atoms with Crippen LogP contribution in [0.1, 0.15) is 29.7 Å². The van der Waals surface area contributed by atoms with E-state index in [9.17, 15) is 0 Å². The van der Waals surface area contributed by atoms with Crippen LogP contribution in [0.3, 0.4) is 0 Å². The van der Waals surface area contributed by atoms with Crippen LogP contribution in [0.2, 0.25) is 0 Å². The van der Waals surface area contributed by atoms with Gasteiger partial charge in [0.2, 0.25) is 0 Å². The highest BCUT2D eigenvalue weighted by Gasteiger charge is 2.25. The Morgan fingerprint density at radius 3 is 2.67 bits per heavy atom. The molecule has 0 amide bonds. The first-order valence-corrected chi connectivity index (χ1v) is 7.41. The van der Waals surface area contributed by atoms with Crippen molar-refractivity contribution in [3.8, 4) is 11.5 Å². The lowest BCUT2D eigenvalue weighted by atomic mass is 10.0. The SMILES string of the molecule is BrC(c1ccc2c(c1)OCCO2)C1CCCCO1. The largest absolute Gasteiger partial charge is 0.486 e. The molecule has 18 heavy (non-hydrogen) atoms. The lowest BCUT2D eigenvalue weighted by molar-refractivity contribution is 0.0160. The average molecular weight is 313 g/mol. The Morgan fingerprint density at radius 1 is 1.06 bits per heavy atom. The van der Waals surface area contributed by atoms with E-state index in [1.165, 1.54) is 18.4 Å². The van der Waals surface area contributed by atoms with Crippen molar-refractivity contribution in [2.75, 3.05) is 19.8 Å².